The van der Waals surface area contributed by atoms with E-state index in [1.807, 2.05) is 11.3 Å². The van der Waals surface area contributed by atoms with Crippen LogP contribution in [-0.2, 0) is 7.05 Å². The zero-order chi connectivity index (χ0) is 17.8. The minimum absolute atomic E-state index is 1.26. The van der Waals surface area contributed by atoms with Gasteiger partial charge in [-0.05, 0) is 48.4 Å². The fourth-order valence-corrected chi connectivity index (χ4v) is 5.05. The van der Waals surface area contributed by atoms with Gasteiger partial charge in [0, 0.05) is 27.1 Å². The highest BCUT2D eigenvalue weighted by Crippen LogP contribution is 2.37. The monoisotopic (exact) mass is 354 g/mol. The third-order valence-electron chi connectivity index (χ3n) is 5.26. The van der Waals surface area contributed by atoms with Crippen LogP contribution in [0.3, 0.4) is 0 Å². The summed E-state index contributed by atoms with van der Waals surface area (Å²) in [6.07, 6.45) is 2.28. The van der Waals surface area contributed by atoms with E-state index in [0.29, 0.717) is 0 Å². The Morgan fingerprint density at radius 1 is 0.769 bits per heavy atom. The molecular weight excluding hydrogens is 334 g/mol. The van der Waals surface area contributed by atoms with Gasteiger partial charge in [-0.3, -0.25) is 0 Å². The fraction of sp³-hybridized carbons (Fsp3) is 0.125. The van der Waals surface area contributed by atoms with E-state index in [0.717, 1.165) is 0 Å². The van der Waals surface area contributed by atoms with E-state index in [9.17, 15) is 0 Å². The number of fused-ring (bicyclic) bond motifs is 4. The molecule has 3 aromatic carbocycles. The number of hydrogen-bond donors (Lipinski definition) is 0. The standard InChI is InChI=1S/C24H20NS/c1-15-8-9-17-11-20-21-13-22(19-7-5-4-6-16(19)2)25(3)14-24(21)26-23(20)12-18(17)10-15/h4-14H,1-3H3/q+1. The Morgan fingerprint density at radius 2 is 1.58 bits per heavy atom. The average molecular weight is 354 g/mol. The van der Waals surface area contributed by atoms with Crippen LogP contribution in [0.2, 0.25) is 0 Å². The zero-order valence-electron chi connectivity index (χ0n) is 15.2. The van der Waals surface area contributed by atoms with Crippen LogP contribution in [0, 0.1) is 13.8 Å². The van der Waals surface area contributed by atoms with Gasteiger partial charge in [0.2, 0.25) is 5.69 Å². The second kappa shape index (κ2) is 5.65. The number of benzene rings is 3. The molecule has 0 aliphatic rings. The molecule has 0 aliphatic heterocycles. The average Bonchev–Trinajstić information content (AvgIpc) is 2.95. The molecule has 0 unspecified atom stereocenters. The van der Waals surface area contributed by atoms with Gasteiger partial charge in [0.1, 0.15) is 7.05 Å². The smallest absolute Gasteiger partial charge is 0.200 e. The summed E-state index contributed by atoms with van der Waals surface area (Å²) in [5.41, 5.74) is 5.18. The highest BCUT2D eigenvalue weighted by atomic mass is 32.1. The van der Waals surface area contributed by atoms with Crippen molar-refractivity contribution < 1.29 is 4.57 Å². The summed E-state index contributed by atoms with van der Waals surface area (Å²) >= 11 is 1.88. The predicted octanol–water partition coefficient (Wildman–Crippen LogP) is 6.32. The van der Waals surface area contributed by atoms with Crippen LogP contribution >= 0.6 is 11.3 Å². The molecule has 5 aromatic rings. The van der Waals surface area contributed by atoms with Gasteiger partial charge in [-0.15, -0.1) is 11.3 Å². The number of pyridine rings is 1. The van der Waals surface area contributed by atoms with Crippen molar-refractivity contribution in [3.05, 3.63) is 78.0 Å². The van der Waals surface area contributed by atoms with E-state index in [1.165, 1.54) is 53.3 Å². The first-order chi connectivity index (χ1) is 12.6. The van der Waals surface area contributed by atoms with Gasteiger partial charge >= 0.3 is 0 Å². The normalized spacial score (nSPS) is 11.7. The maximum absolute atomic E-state index is 2.36. The maximum atomic E-state index is 2.36. The molecule has 126 valence electrons. The third-order valence-corrected chi connectivity index (χ3v) is 6.37. The number of aromatic nitrogens is 1. The highest BCUT2D eigenvalue weighted by Gasteiger charge is 2.17. The summed E-state index contributed by atoms with van der Waals surface area (Å²) in [4.78, 5) is 0. The molecule has 0 N–H and O–H groups in total. The molecule has 0 saturated heterocycles. The summed E-state index contributed by atoms with van der Waals surface area (Å²) in [6, 6.07) is 22.4. The lowest BCUT2D eigenvalue weighted by atomic mass is 10.0. The van der Waals surface area contributed by atoms with Gasteiger partial charge < -0.3 is 0 Å². The topological polar surface area (TPSA) is 3.88 Å². The SMILES string of the molecule is Cc1ccc2cc3c(cc2c1)sc1c[n+](C)c(-c2ccccc2C)cc13. The molecule has 1 nitrogen and oxygen atoms in total. The molecule has 0 fully saturated rings. The van der Waals surface area contributed by atoms with Gasteiger partial charge in [-0.2, -0.15) is 4.57 Å². The van der Waals surface area contributed by atoms with E-state index in [-0.39, 0.29) is 0 Å². The lowest BCUT2D eigenvalue weighted by Crippen LogP contribution is -2.30. The van der Waals surface area contributed by atoms with E-state index < -0.39 is 0 Å². The second-order valence-corrected chi connectivity index (χ2v) is 8.25. The Hall–Kier alpha value is -2.71. The van der Waals surface area contributed by atoms with Gasteiger partial charge in [-0.25, -0.2) is 0 Å². The van der Waals surface area contributed by atoms with Gasteiger partial charge in [0.15, 0.2) is 6.20 Å². The Morgan fingerprint density at radius 3 is 2.42 bits per heavy atom. The Labute approximate surface area is 157 Å². The van der Waals surface area contributed by atoms with Crippen LogP contribution in [0.25, 0.3) is 42.2 Å². The summed E-state index contributed by atoms with van der Waals surface area (Å²) in [5, 5.41) is 5.35. The molecule has 0 amide bonds. The van der Waals surface area contributed by atoms with Crippen molar-refractivity contribution in [2.45, 2.75) is 13.8 Å². The van der Waals surface area contributed by atoms with Crippen molar-refractivity contribution in [2.75, 3.05) is 0 Å². The van der Waals surface area contributed by atoms with Gasteiger partial charge in [0.25, 0.3) is 0 Å². The van der Waals surface area contributed by atoms with Crippen molar-refractivity contribution in [1.82, 2.24) is 0 Å². The molecule has 2 aromatic heterocycles. The number of nitrogens with zero attached hydrogens (tertiary/aromatic N) is 1. The zero-order valence-corrected chi connectivity index (χ0v) is 16.0. The summed E-state index contributed by atoms with van der Waals surface area (Å²) in [5.74, 6) is 0. The Balaban J connectivity index is 1.85. The molecule has 0 spiro atoms. The Kier molecular flexibility index (Phi) is 3.38. The van der Waals surface area contributed by atoms with Crippen molar-refractivity contribution in [1.29, 1.82) is 0 Å². The molecule has 5 rings (SSSR count). The molecule has 0 bridgehead atoms. The summed E-state index contributed by atoms with van der Waals surface area (Å²) in [6.45, 7) is 4.34. The minimum atomic E-state index is 1.26. The number of aryl methyl sites for hydroxylation is 3. The summed E-state index contributed by atoms with van der Waals surface area (Å²) < 4.78 is 4.95. The summed E-state index contributed by atoms with van der Waals surface area (Å²) in [7, 11) is 2.14. The van der Waals surface area contributed by atoms with Crippen LogP contribution in [0.4, 0.5) is 0 Å². The van der Waals surface area contributed by atoms with Crippen LogP contribution < -0.4 is 4.57 Å². The van der Waals surface area contributed by atoms with Crippen LogP contribution in [0.15, 0.2) is 66.9 Å². The van der Waals surface area contributed by atoms with E-state index >= 15 is 0 Å². The van der Waals surface area contributed by atoms with Crippen LogP contribution in [-0.4, -0.2) is 0 Å². The maximum Gasteiger partial charge on any atom is 0.213 e. The lowest BCUT2D eigenvalue weighted by molar-refractivity contribution is -0.659. The molecule has 2 heterocycles. The first-order valence-electron chi connectivity index (χ1n) is 8.92. The van der Waals surface area contributed by atoms with E-state index in [4.69, 9.17) is 0 Å². The Bertz CT molecular complexity index is 1310. The van der Waals surface area contributed by atoms with E-state index in [2.05, 4.69) is 92.3 Å². The van der Waals surface area contributed by atoms with Crippen molar-refractivity contribution in [3.63, 3.8) is 0 Å². The fourth-order valence-electron chi connectivity index (χ4n) is 3.85. The van der Waals surface area contributed by atoms with Crippen molar-refractivity contribution in [2.24, 2.45) is 7.05 Å². The number of hydrogen-bond acceptors (Lipinski definition) is 1. The van der Waals surface area contributed by atoms with E-state index in [1.54, 1.807) is 0 Å². The molecule has 0 atom stereocenters. The van der Waals surface area contributed by atoms with Crippen molar-refractivity contribution in [3.8, 4) is 11.3 Å². The number of thiophene rings is 1. The molecule has 2 heteroatoms. The van der Waals surface area contributed by atoms with Crippen LogP contribution in [0.1, 0.15) is 11.1 Å². The molecule has 26 heavy (non-hydrogen) atoms. The largest absolute Gasteiger partial charge is 0.213 e. The first kappa shape index (κ1) is 15.5. The minimum Gasteiger partial charge on any atom is -0.200 e. The predicted molar refractivity (Wildman–Crippen MR) is 113 cm³/mol. The second-order valence-electron chi connectivity index (χ2n) is 7.16. The lowest BCUT2D eigenvalue weighted by Gasteiger charge is -2.04. The van der Waals surface area contributed by atoms with Gasteiger partial charge in [-0.1, -0.05) is 42.0 Å². The van der Waals surface area contributed by atoms with Crippen molar-refractivity contribution >= 4 is 42.3 Å². The number of rotatable bonds is 1. The molecular formula is C24H20NS+. The highest BCUT2D eigenvalue weighted by molar-refractivity contribution is 7.25. The molecule has 0 aliphatic carbocycles. The molecule has 0 saturated carbocycles. The first-order valence-corrected chi connectivity index (χ1v) is 9.74. The quantitative estimate of drug-likeness (QED) is 0.310. The third kappa shape index (κ3) is 2.33. The van der Waals surface area contributed by atoms with Gasteiger partial charge in [0.05, 0.1) is 4.70 Å². The van der Waals surface area contributed by atoms with Crippen LogP contribution in [0.5, 0.6) is 0 Å². The molecule has 0 radical (unpaired) electrons.